The van der Waals surface area contributed by atoms with Crippen molar-refractivity contribution in [3.8, 4) is 11.5 Å². The van der Waals surface area contributed by atoms with Gasteiger partial charge in [0.05, 0.1) is 7.11 Å². The lowest BCUT2D eigenvalue weighted by molar-refractivity contribution is -0.274. The molecule has 2 aromatic carbocycles. The zero-order valence-corrected chi connectivity index (χ0v) is 14.2. The van der Waals surface area contributed by atoms with Crippen LogP contribution in [0.2, 0.25) is 0 Å². The molecule has 140 valence electrons. The summed E-state index contributed by atoms with van der Waals surface area (Å²) in [6, 6.07) is 11.9. The number of rotatable bonds is 7. The topological polar surface area (TPSA) is 56.8 Å². The fourth-order valence-electron chi connectivity index (χ4n) is 2.35. The summed E-state index contributed by atoms with van der Waals surface area (Å²) in [5.74, 6) is -0.208. The lowest BCUT2D eigenvalue weighted by atomic mass is 10.1. The van der Waals surface area contributed by atoms with Gasteiger partial charge in [-0.15, -0.1) is 13.2 Å². The number of halogens is 3. The summed E-state index contributed by atoms with van der Waals surface area (Å²) in [6.45, 7) is 0.163. The first-order valence-electron chi connectivity index (χ1n) is 7.63. The summed E-state index contributed by atoms with van der Waals surface area (Å²) in [4.78, 5) is 12.2. The molecule has 0 aliphatic heterocycles. The monoisotopic (exact) mass is 369 g/mol. The maximum Gasteiger partial charge on any atom is 0.573 e. The molecule has 1 atom stereocenters. The van der Waals surface area contributed by atoms with E-state index in [9.17, 15) is 18.0 Å². The summed E-state index contributed by atoms with van der Waals surface area (Å²) < 4.78 is 50.9. The van der Waals surface area contributed by atoms with E-state index in [1.165, 1.54) is 26.4 Å². The minimum Gasteiger partial charge on any atom is -0.496 e. The number of amides is 1. The molecule has 0 saturated heterocycles. The van der Waals surface area contributed by atoms with Crippen molar-refractivity contribution in [1.29, 1.82) is 0 Å². The number of methoxy groups -OCH3 is 2. The van der Waals surface area contributed by atoms with Gasteiger partial charge in [0, 0.05) is 24.8 Å². The van der Waals surface area contributed by atoms with E-state index in [-0.39, 0.29) is 12.1 Å². The molecule has 5 nitrogen and oxygen atoms in total. The van der Waals surface area contributed by atoms with Gasteiger partial charge < -0.3 is 19.5 Å². The molecule has 1 N–H and O–H groups in total. The molecule has 0 aromatic heterocycles. The number of ether oxygens (including phenoxy) is 3. The van der Waals surface area contributed by atoms with E-state index in [0.29, 0.717) is 5.75 Å². The summed E-state index contributed by atoms with van der Waals surface area (Å²) in [5.41, 5.74) is 0.973. The molecule has 0 aliphatic carbocycles. The Morgan fingerprint density at radius 2 is 1.73 bits per heavy atom. The van der Waals surface area contributed by atoms with Gasteiger partial charge in [0.25, 0.3) is 5.91 Å². The van der Waals surface area contributed by atoms with Crippen LogP contribution in [0.15, 0.2) is 48.5 Å². The largest absolute Gasteiger partial charge is 0.573 e. The van der Waals surface area contributed by atoms with Crippen LogP contribution in [0.1, 0.15) is 22.0 Å². The van der Waals surface area contributed by atoms with Gasteiger partial charge in [-0.3, -0.25) is 4.79 Å². The predicted octanol–water partition coefficient (Wildman–Crippen LogP) is 3.71. The van der Waals surface area contributed by atoms with Crippen molar-refractivity contribution < 1.29 is 32.2 Å². The van der Waals surface area contributed by atoms with Crippen molar-refractivity contribution in [3.05, 3.63) is 59.7 Å². The van der Waals surface area contributed by atoms with Crippen molar-refractivity contribution in [3.63, 3.8) is 0 Å². The molecule has 8 heteroatoms. The zero-order valence-electron chi connectivity index (χ0n) is 14.2. The maximum atomic E-state index is 12.2. The van der Waals surface area contributed by atoms with Crippen LogP contribution in [0.5, 0.6) is 11.5 Å². The molecule has 1 amide bonds. The third-order valence-electron chi connectivity index (χ3n) is 3.57. The number of carbonyl (C=O) groups excluding carboxylic acids is 1. The summed E-state index contributed by atoms with van der Waals surface area (Å²) in [6.07, 6.45) is -5.22. The van der Waals surface area contributed by atoms with Crippen LogP contribution in [0.3, 0.4) is 0 Å². The van der Waals surface area contributed by atoms with Gasteiger partial charge in [0.15, 0.2) is 0 Å². The number of hydrogen-bond acceptors (Lipinski definition) is 4. The highest BCUT2D eigenvalue weighted by atomic mass is 19.4. The quantitative estimate of drug-likeness (QED) is 0.808. The zero-order chi connectivity index (χ0) is 19.2. The van der Waals surface area contributed by atoms with Gasteiger partial charge in [-0.05, 0) is 30.3 Å². The van der Waals surface area contributed by atoms with Gasteiger partial charge in [-0.25, -0.2) is 0 Å². The molecule has 0 bridgehead atoms. The highest BCUT2D eigenvalue weighted by molar-refractivity contribution is 5.94. The summed E-state index contributed by atoms with van der Waals surface area (Å²) >= 11 is 0. The second-order valence-corrected chi connectivity index (χ2v) is 5.25. The Labute approximate surface area is 148 Å². The standard InChI is InChI=1S/C18H18F3NO4/c1-24-15-6-4-3-5-14(15)16(25-2)11-22-17(23)12-7-9-13(10-8-12)26-18(19,20)21/h3-10,16H,11H2,1-2H3,(H,22,23)/t16-/m1/s1. The number of alkyl halides is 3. The highest BCUT2D eigenvalue weighted by Gasteiger charge is 2.31. The van der Waals surface area contributed by atoms with E-state index in [2.05, 4.69) is 10.1 Å². The van der Waals surface area contributed by atoms with Crippen LogP contribution in [-0.4, -0.2) is 33.0 Å². The fourth-order valence-corrected chi connectivity index (χ4v) is 2.35. The highest BCUT2D eigenvalue weighted by Crippen LogP contribution is 2.26. The number of nitrogens with one attached hydrogen (secondary N) is 1. The van der Waals surface area contributed by atoms with Crippen molar-refractivity contribution in [2.45, 2.75) is 12.5 Å². The van der Waals surface area contributed by atoms with Gasteiger partial charge in [0.2, 0.25) is 0 Å². The van der Waals surface area contributed by atoms with E-state index in [1.54, 1.807) is 6.07 Å². The van der Waals surface area contributed by atoms with E-state index in [1.807, 2.05) is 18.2 Å². The van der Waals surface area contributed by atoms with Gasteiger partial charge in [0.1, 0.15) is 17.6 Å². The lowest BCUT2D eigenvalue weighted by Crippen LogP contribution is -2.29. The Morgan fingerprint density at radius 3 is 2.31 bits per heavy atom. The average molecular weight is 369 g/mol. The number of para-hydroxylation sites is 1. The lowest BCUT2D eigenvalue weighted by Gasteiger charge is -2.19. The second kappa shape index (κ2) is 8.57. The molecular weight excluding hydrogens is 351 g/mol. The van der Waals surface area contributed by atoms with Gasteiger partial charge in [-0.1, -0.05) is 18.2 Å². The van der Waals surface area contributed by atoms with Crippen molar-refractivity contribution in [2.24, 2.45) is 0 Å². The van der Waals surface area contributed by atoms with Gasteiger partial charge >= 0.3 is 6.36 Å². The minimum atomic E-state index is -4.77. The Kier molecular flexibility index (Phi) is 6.46. The Hall–Kier alpha value is -2.74. The number of carbonyl (C=O) groups is 1. The van der Waals surface area contributed by atoms with E-state index < -0.39 is 24.1 Å². The first kappa shape index (κ1) is 19.6. The molecule has 0 spiro atoms. The Bertz CT molecular complexity index is 732. The molecule has 0 radical (unpaired) electrons. The van der Waals surface area contributed by atoms with Crippen LogP contribution >= 0.6 is 0 Å². The van der Waals surface area contributed by atoms with Crippen LogP contribution in [0.25, 0.3) is 0 Å². The van der Waals surface area contributed by atoms with Crippen LogP contribution in [0.4, 0.5) is 13.2 Å². The third kappa shape index (κ3) is 5.38. The minimum absolute atomic E-state index is 0.163. The molecule has 0 fully saturated rings. The second-order valence-electron chi connectivity index (χ2n) is 5.25. The smallest absolute Gasteiger partial charge is 0.496 e. The summed E-state index contributed by atoms with van der Waals surface area (Å²) in [7, 11) is 3.04. The molecule has 0 aliphatic rings. The average Bonchev–Trinajstić information content (AvgIpc) is 2.61. The predicted molar refractivity (Wildman–Crippen MR) is 88.2 cm³/mol. The molecular formula is C18H18F3NO4. The van der Waals surface area contributed by atoms with Crippen molar-refractivity contribution >= 4 is 5.91 Å². The van der Waals surface area contributed by atoms with E-state index in [0.717, 1.165) is 17.7 Å². The molecule has 0 unspecified atom stereocenters. The number of hydrogen-bond donors (Lipinski definition) is 1. The molecule has 0 heterocycles. The van der Waals surface area contributed by atoms with Crippen LogP contribution in [-0.2, 0) is 4.74 Å². The SMILES string of the molecule is COc1ccccc1[C@@H](CNC(=O)c1ccc(OC(F)(F)F)cc1)OC. The Morgan fingerprint density at radius 1 is 1.08 bits per heavy atom. The van der Waals surface area contributed by atoms with Crippen molar-refractivity contribution in [1.82, 2.24) is 5.32 Å². The third-order valence-corrected chi connectivity index (χ3v) is 3.57. The number of benzene rings is 2. The molecule has 2 rings (SSSR count). The van der Waals surface area contributed by atoms with E-state index >= 15 is 0 Å². The maximum absolute atomic E-state index is 12.2. The molecule has 0 saturated carbocycles. The normalized spacial score (nSPS) is 12.3. The fraction of sp³-hybridized carbons (Fsp3) is 0.278. The van der Waals surface area contributed by atoms with Gasteiger partial charge in [-0.2, -0.15) is 0 Å². The van der Waals surface area contributed by atoms with Crippen molar-refractivity contribution in [2.75, 3.05) is 20.8 Å². The van der Waals surface area contributed by atoms with Crippen LogP contribution < -0.4 is 14.8 Å². The molecule has 26 heavy (non-hydrogen) atoms. The summed E-state index contributed by atoms with van der Waals surface area (Å²) in [5, 5.41) is 2.68. The van der Waals surface area contributed by atoms with E-state index in [4.69, 9.17) is 9.47 Å². The van der Waals surface area contributed by atoms with Crippen LogP contribution in [0, 0.1) is 0 Å². The molecule has 2 aromatic rings. The first-order chi connectivity index (χ1) is 12.3. The Balaban J connectivity index is 2.00. The first-order valence-corrected chi connectivity index (χ1v) is 7.63.